The van der Waals surface area contributed by atoms with Crippen LogP contribution in [0.15, 0.2) is 115 Å². The summed E-state index contributed by atoms with van der Waals surface area (Å²) >= 11 is 0. The van der Waals surface area contributed by atoms with Crippen LogP contribution in [0, 0.1) is 0 Å². The Hall–Kier alpha value is -8.06. The molecule has 0 N–H and O–H groups in total. The summed E-state index contributed by atoms with van der Waals surface area (Å²) in [5, 5.41) is 58.2. The molecule has 0 saturated carbocycles. The Kier molecular flexibility index (Phi) is 3.45. The monoisotopic (exact) mass is 778 g/mol. The summed E-state index contributed by atoms with van der Waals surface area (Å²) in [4.78, 5) is 0. The van der Waals surface area contributed by atoms with Crippen molar-refractivity contribution in [3.05, 3.63) is 126 Å². The van der Waals surface area contributed by atoms with E-state index in [-0.39, 0.29) is 0 Å². The first kappa shape index (κ1) is 27.7. The molecule has 0 nitrogen and oxygen atoms in total. The van der Waals surface area contributed by atoms with Crippen molar-refractivity contribution in [2.75, 3.05) is 0 Å². The highest BCUT2D eigenvalue weighted by Crippen LogP contribution is 2.66. The lowest BCUT2D eigenvalue weighted by molar-refractivity contribution is 1.33. The van der Waals surface area contributed by atoms with E-state index in [9.17, 15) is 0 Å². The second-order valence-corrected chi connectivity index (χ2v) is 20.3. The molecule has 0 radical (unpaired) electrons. The van der Waals surface area contributed by atoms with Crippen LogP contribution >= 0.6 is 0 Å². The number of fused-ring (bicyclic) bond motifs is 2. The molecule has 0 unspecified atom stereocenters. The lowest BCUT2D eigenvalue weighted by Gasteiger charge is -2.33. The minimum Gasteiger partial charge on any atom is -0.0795 e. The number of benzene rings is 21. The number of allylic oxidation sites excluding steroid dienone is 1. The molecule has 0 aromatic heterocycles. The molecule has 0 amide bonds. The molecule has 21 aromatic carbocycles. The molecule has 21 aromatic rings. The second-order valence-electron chi connectivity index (χ2n) is 20.3. The zero-order valence-electron chi connectivity index (χ0n) is 33.3. The Bertz CT molecular complexity index is 5720. The van der Waals surface area contributed by atoms with E-state index in [1.165, 1.54) is 227 Å². The van der Waals surface area contributed by atoms with E-state index in [2.05, 4.69) is 121 Å². The Morgan fingerprint density at radius 2 is 0.571 bits per heavy atom. The molecule has 1 aliphatic rings. The van der Waals surface area contributed by atoms with E-state index in [1.54, 1.807) is 0 Å². The van der Waals surface area contributed by atoms with Crippen LogP contribution in [-0.2, 0) is 6.42 Å². The van der Waals surface area contributed by atoms with Crippen LogP contribution in [0.2, 0.25) is 0 Å². The van der Waals surface area contributed by atoms with Crippen molar-refractivity contribution in [3.63, 3.8) is 0 Å². The van der Waals surface area contributed by atoms with Gasteiger partial charge in [-0.05, 0) is 275 Å². The first-order valence-electron chi connectivity index (χ1n) is 22.8. The van der Waals surface area contributed by atoms with Crippen molar-refractivity contribution in [3.8, 4) is 0 Å². The topological polar surface area (TPSA) is 0 Å². The van der Waals surface area contributed by atoms with E-state index >= 15 is 0 Å². The highest BCUT2D eigenvalue weighted by atomic mass is 14.4. The summed E-state index contributed by atoms with van der Waals surface area (Å²) in [5.41, 5.74) is 2.89. The second kappa shape index (κ2) is 7.83. The fraction of sp³-hybridized carbons (Fsp3) is 0.0159. The molecule has 1 aliphatic carbocycles. The first-order valence-corrected chi connectivity index (χ1v) is 22.8. The average Bonchev–Trinajstić information content (AvgIpc) is 3.32. The Balaban J connectivity index is 1.25. The highest BCUT2D eigenvalue weighted by Gasteiger charge is 2.37. The Morgan fingerprint density at radius 1 is 0.222 bits per heavy atom. The first-order chi connectivity index (χ1) is 31.3. The van der Waals surface area contributed by atoms with Gasteiger partial charge in [0.2, 0.25) is 0 Å². The van der Waals surface area contributed by atoms with Gasteiger partial charge < -0.3 is 0 Å². The molecule has 63 heavy (non-hydrogen) atoms. The fourth-order valence-corrected chi connectivity index (χ4v) is 16.6. The van der Waals surface area contributed by atoms with E-state index in [1.807, 2.05) is 0 Å². The molecule has 0 heteroatoms. The molecule has 0 atom stereocenters. The lowest BCUT2D eigenvalue weighted by atomic mass is 9.68. The minimum absolute atomic E-state index is 0.969. The predicted octanol–water partition coefficient (Wildman–Crippen LogP) is 18.0. The van der Waals surface area contributed by atoms with Gasteiger partial charge in [-0.25, -0.2) is 0 Å². The van der Waals surface area contributed by atoms with Gasteiger partial charge >= 0.3 is 0 Å². The van der Waals surface area contributed by atoms with Gasteiger partial charge in [-0.1, -0.05) is 78.9 Å². The van der Waals surface area contributed by atoms with Gasteiger partial charge in [0.05, 0.1) is 0 Å². The lowest BCUT2D eigenvalue weighted by Crippen LogP contribution is -2.05. The molecule has 0 heterocycles. The number of hydrogen-bond donors (Lipinski definition) is 0. The maximum atomic E-state index is 2.60. The maximum Gasteiger partial charge on any atom is -0.00000150 e. The van der Waals surface area contributed by atoms with Gasteiger partial charge in [0.1, 0.15) is 0 Å². The minimum atomic E-state index is 0.969. The van der Waals surface area contributed by atoms with Crippen LogP contribution in [0.1, 0.15) is 11.1 Å². The van der Waals surface area contributed by atoms with E-state index in [0.717, 1.165) is 6.42 Å². The third-order valence-corrected chi connectivity index (χ3v) is 18.2. The van der Waals surface area contributed by atoms with E-state index in [4.69, 9.17) is 0 Å². The van der Waals surface area contributed by atoms with Crippen molar-refractivity contribution in [2.45, 2.75) is 6.42 Å². The Morgan fingerprint density at radius 3 is 1.14 bits per heavy atom. The zero-order chi connectivity index (χ0) is 39.1. The zero-order valence-corrected chi connectivity index (χ0v) is 33.3. The third kappa shape index (κ3) is 2.29. The van der Waals surface area contributed by atoms with Crippen LogP contribution in [-0.4, -0.2) is 0 Å². The third-order valence-electron chi connectivity index (χ3n) is 18.2. The van der Waals surface area contributed by atoms with Crippen molar-refractivity contribution in [1.82, 2.24) is 0 Å². The van der Waals surface area contributed by atoms with E-state index < -0.39 is 0 Å². The van der Waals surface area contributed by atoms with Crippen LogP contribution in [0.25, 0.3) is 222 Å². The summed E-state index contributed by atoms with van der Waals surface area (Å²) in [6, 6.07) is 44.6. The quantitative estimate of drug-likeness (QED) is 0.106. The van der Waals surface area contributed by atoms with Crippen LogP contribution in [0.5, 0.6) is 0 Å². The summed E-state index contributed by atoms with van der Waals surface area (Å²) < 4.78 is 0. The molecule has 0 fully saturated rings. The molecule has 22 rings (SSSR count). The average molecular weight is 779 g/mol. The Labute approximate surface area is 352 Å². The standard InChI is InChI=1S/C63H22/c1-3-24-15-28-20-32-21-29-16-25-4-2-6-34-36-14-12-23-8-10-27-18-31-19-30-17-26-9-7-22-11-13-35-33(5-1)37(24)50-43(28)54-47(32)55-44(29)51(38(25)34)58-49(36)40(23)42(27)53-46(31)56-45(30)52-41(26)39(22)48(35)57(50)59(52)61(54)63(56)62(55)60(53)58/h1-5,7-21H,6H2. The molecule has 0 saturated heterocycles. The van der Waals surface area contributed by atoms with E-state index in [0.29, 0.717) is 0 Å². The van der Waals surface area contributed by atoms with Gasteiger partial charge in [0, 0.05) is 0 Å². The van der Waals surface area contributed by atoms with Gasteiger partial charge in [-0.15, -0.1) is 0 Å². The van der Waals surface area contributed by atoms with Gasteiger partial charge in [-0.3, -0.25) is 0 Å². The fourth-order valence-electron chi connectivity index (χ4n) is 16.6. The maximum absolute atomic E-state index is 2.60. The summed E-state index contributed by atoms with van der Waals surface area (Å²) in [6.07, 6.45) is 5.83. The summed E-state index contributed by atoms with van der Waals surface area (Å²) in [7, 11) is 0. The molecule has 274 valence electrons. The van der Waals surface area contributed by atoms with Gasteiger partial charge in [0.15, 0.2) is 0 Å². The molecule has 0 spiro atoms. The van der Waals surface area contributed by atoms with Crippen LogP contribution < -0.4 is 0 Å². The van der Waals surface area contributed by atoms with Crippen molar-refractivity contribution in [2.24, 2.45) is 0 Å². The van der Waals surface area contributed by atoms with Crippen molar-refractivity contribution in [1.29, 1.82) is 0 Å². The van der Waals surface area contributed by atoms with Crippen molar-refractivity contribution >= 4 is 222 Å². The molecular formula is C63H22. The SMILES string of the molecule is C1=Cc2cc3cc4cc5cc6cccc7c8ccc9ccc%10cc%11cc%12cc%13ccc%14ccc%15c(c2c2c3c3c4c4c5c(c67)c5c8c9c%10c6c%11c7c%12c8c%13c%14c%15c2c8c3c7c4c65)C1. The van der Waals surface area contributed by atoms with Crippen molar-refractivity contribution < 1.29 is 0 Å². The molecular weight excluding hydrogens is 757 g/mol. The summed E-state index contributed by atoms with van der Waals surface area (Å²) in [6.45, 7) is 0. The molecule has 0 aliphatic heterocycles. The smallest absolute Gasteiger partial charge is 0.00000150 e. The van der Waals surface area contributed by atoms with Crippen LogP contribution in [0.3, 0.4) is 0 Å². The van der Waals surface area contributed by atoms with Gasteiger partial charge in [0.25, 0.3) is 0 Å². The number of rotatable bonds is 0. The molecule has 0 bridgehead atoms. The normalized spacial score (nSPS) is 15.2. The number of hydrogen-bond acceptors (Lipinski definition) is 0. The van der Waals surface area contributed by atoms with Gasteiger partial charge in [-0.2, -0.15) is 0 Å². The highest BCUT2D eigenvalue weighted by molar-refractivity contribution is 6.67. The summed E-state index contributed by atoms with van der Waals surface area (Å²) in [5.74, 6) is 0. The largest absolute Gasteiger partial charge is 0.0795 e. The predicted molar refractivity (Wildman–Crippen MR) is 275 cm³/mol. The van der Waals surface area contributed by atoms with Crippen LogP contribution in [0.4, 0.5) is 0 Å².